The van der Waals surface area contributed by atoms with Crippen LogP contribution in [0.15, 0.2) is 59.5 Å². The van der Waals surface area contributed by atoms with Gasteiger partial charge in [-0.05, 0) is 61.7 Å². The molecule has 3 aromatic rings. The van der Waals surface area contributed by atoms with Gasteiger partial charge in [-0.15, -0.1) is 12.6 Å². The summed E-state index contributed by atoms with van der Waals surface area (Å²) < 4.78 is 2.30. The summed E-state index contributed by atoms with van der Waals surface area (Å²) in [7, 11) is 0. The van der Waals surface area contributed by atoms with E-state index in [0.717, 1.165) is 10.8 Å². The van der Waals surface area contributed by atoms with Crippen molar-refractivity contribution < 1.29 is 0 Å². The number of aromatic nitrogens is 1. The van der Waals surface area contributed by atoms with Crippen molar-refractivity contribution in [3.63, 3.8) is 0 Å². The van der Waals surface area contributed by atoms with E-state index in [-0.39, 0.29) is 0 Å². The van der Waals surface area contributed by atoms with E-state index in [1.165, 1.54) is 27.8 Å². The standard InChI is InChI=1S/C18H17NS.C4H10/c1-3-6-17-13(2)16-7-4-5-8-18(16)19(17)14-9-11-15(20)12-10-14;1-4(2)3/h3-12,20H,1-2H3;4H,1-3H3/b6-3-;. The molecule has 0 aliphatic rings. The number of para-hydroxylation sites is 1. The van der Waals surface area contributed by atoms with E-state index in [2.05, 4.69) is 100 Å². The van der Waals surface area contributed by atoms with Crippen LogP contribution in [0.25, 0.3) is 22.7 Å². The zero-order valence-corrected chi connectivity index (χ0v) is 16.1. The molecule has 0 radical (unpaired) electrons. The van der Waals surface area contributed by atoms with Crippen LogP contribution in [0.1, 0.15) is 39.0 Å². The van der Waals surface area contributed by atoms with Crippen LogP contribution in [0.2, 0.25) is 0 Å². The maximum absolute atomic E-state index is 4.37. The number of nitrogens with zero attached hydrogens (tertiary/aromatic N) is 1. The summed E-state index contributed by atoms with van der Waals surface area (Å²) >= 11 is 4.37. The van der Waals surface area contributed by atoms with E-state index in [1.807, 2.05) is 12.1 Å². The van der Waals surface area contributed by atoms with Gasteiger partial charge in [-0.25, -0.2) is 0 Å². The molecule has 2 heteroatoms. The van der Waals surface area contributed by atoms with Crippen molar-refractivity contribution in [3.05, 3.63) is 65.9 Å². The molecule has 0 unspecified atom stereocenters. The fourth-order valence-electron chi connectivity index (χ4n) is 2.66. The lowest BCUT2D eigenvalue weighted by atomic mass is 10.1. The molecule has 3 rings (SSSR count). The predicted octanol–water partition coefficient (Wildman–Crippen LogP) is 6.92. The highest BCUT2D eigenvalue weighted by Crippen LogP contribution is 2.30. The lowest BCUT2D eigenvalue weighted by molar-refractivity contribution is 0.737. The van der Waals surface area contributed by atoms with Gasteiger partial charge in [-0.3, -0.25) is 0 Å². The highest BCUT2D eigenvalue weighted by Gasteiger charge is 2.12. The number of benzene rings is 2. The van der Waals surface area contributed by atoms with Crippen LogP contribution in [0.3, 0.4) is 0 Å². The number of thiol groups is 1. The minimum absolute atomic E-state index is 0.833. The van der Waals surface area contributed by atoms with Crippen molar-refractivity contribution in [1.29, 1.82) is 0 Å². The Kier molecular flexibility index (Phi) is 6.33. The molecule has 0 bridgehead atoms. The van der Waals surface area contributed by atoms with Crippen molar-refractivity contribution in [1.82, 2.24) is 4.57 Å². The number of hydrogen-bond acceptors (Lipinski definition) is 1. The molecule has 0 aliphatic carbocycles. The summed E-state index contributed by atoms with van der Waals surface area (Å²) in [5.41, 5.74) is 4.96. The molecular weight excluding hydrogens is 310 g/mol. The van der Waals surface area contributed by atoms with E-state index in [0.29, 0.717) is 0 Å². The molecule has 0 saturated heterocycles. The Balaban J connectivity index is 0.000000471. The fourth-order valence-corrected chi connectivity index (χ4v) is 2.81. The Morgan fingerprint density at radius 3 is 2.12 bits per heavy atom. The summed E-state index contributed by atoms with van der Waals surface area (Å²) in [5.74, 6) is 0.833. The molecule has 0 atom stereocenters. The molecule has 0 aliphatic heterocycles. The summed E-state index contributed by atoms with van der Waals surface area (Å²) in [4.78, 5) is 0.981. The van der Waals surface area contributed by atoms with E-state index < -0.39 is 0 Å². The molecule has 0 fully saturated rings. The van der Waals surface area contributed by atoms with Crippen LogP contribution in [0.4, 0.5) is 0 Å². The van der Waals surface area contributed by atoms with Gasteiger partial charge < -0.3 is 4.57 Å². The monoisotopic (exact) mass is 337 g/mol. The normalized spacial score (nSPS) is 11.1. The topological polar surface area (TPSA) is 4.93 Å². The van der Waals surface area contributed by atoms with Crippen LogP contribution in [0, 0.1) is 12.8 Å². The molecule has 0 N–H and O–H groups in total. The van der Waals surface area contributed by atoms with E-state index in [4.69, 9.17) is 0 Å². The Hall–Kier alpha value is -1.93. The average molecular weight is 338 g/mol. The smallest absolute Gasteiger partial charge is 0.0537 e. The molecule has 1 heterocycles. The van der Waals surface area contributed by atoms with Gasteiger partial charge in [0.25, 0.3) is 0 Å². The molecule has 0 spiro atoms. The van der Waals surface area contributed by atoms with Crippen LogP contribution in [-0.2, 0) is 0 Å². The number of fused-ring (bicyclic) bond motifs is 1. The Morgan fingerprint density at radius 1 is 0.958 bits per heavy atom. The fraction of sp³-hybridized carbons (Fsp3) is 0.273. The van der Waals surface area contributed by atoms with Crippen molar-refractivity contribution in [2.24, 2.45) is 5.92 Å². The first-order valence-electron chi connectivity index (χ1n) is 8.47. The van der Waals surface area contributed by atoms with Crippen molar-refractivity contribution in [2.75, 3.05) is 0 Å². The third-order valence-corrected chi connectivity index (χ3v) is 3.90. The Bertz CT molecular complexity index is 820. The van der Waals surface area contributed by atoms with Gasteiger partial charge in [0.05, 0.1) is 5.52 Å². The number of allylic oxidation sites excluding steroid dienone is 1. The predicted molar refractivity (Wildman–Crippen MR) is 110 cm³/mol. The van der Waals surface area contributed by atoms with Gasteiger partial charge in [-0.1, -0.05) is 45.0 Å². The second-order valence-electron chi connectivity index (χ2n) is 6.61. The van der Waals surface area contributed by atoms with Crippen LogP contribution < -0.4 is 0 Å². The minimum atomic E-state index is 0.833. The number of hydrogen-bond donors (Lipinski definition) is 1. The molecule has 0 amide bonds. The van der Waals surface area contributed by atoms with Gasteiger partial charge in [0.1, 0.15) is 0 Å². The van der Waals surface area contributed by atoms with Gasteiger partial charge >= 0.3 is 0 Å². The van der Waals surface area contributed by atoms with E-state index in [9.17, 15) is 0 Å². The van der Waals surface area contributed by atoms with Gasteiger partial charge in [0.2, 0.25) is 0 Å². The SMILES string of the molecule is C/C=C\c1c(C)c2ccccc2n1-c1ccc(S)cc1.CC(C)C. The molecule has 24 heavy (non-hydrogen) atoms. The lowest BCUT2D eigenvalue weighted by Gasteiger charge is -2.09. The molecule has 2 aromatic carbocycles. The Labute approximate surface area is 151 Å². The molecule has 1 aromatic heterocycles. The first-order chi connectivity index (χ1) is 11.5. The summed E-state index contributed by atoms with van der Waals surface area (Å²) in [6, 6.07) is 16.8. The zero-order valence-electron chi connectivity index (χ0n) is 15.2. The van der Waals surface area contributed by atoms with Gasteiger partial charge in [0.15, 0.2) is 0 Å². The highest BCUT2D eigenvalue weighted by molar-refractivity contribution is 7.80. The minimum Gasteiger partial charge on any atom is -0.310 e. The summed E-state index contributed by atoms with van der Waals surface area (Å²) in [6.07, 6.45) is 4.26. The molecule has 0 saturated carbocycles. The molecular formula is C22H27NS. The second kappa shape index (κ2) is 8.25. The van der Waals surface area contributed by atoms with Crippen molar-refractivity contribution >= 4 is 29.6 Å². The third kappa shape index (κ3) is 4.12. The zero-order chi connectivity index (χ0) is 17.7. The Morgan fingerprint density at radius 2 is 1.54 bits per heavy atom. The van der Waals surface area contributed by atoms with Gasteiger partial charge in [0, 0.05) is 21.7 Å². The lowest BCUT2D eigenvalue weighted by Crippen LogP contribution is -1.96. The van der Waals surface area contributed by atoms with Crippen LogP contribution in [-0.4, -0.2) is 4.57 Å². The van der Waals surface area contributed by atoms with Crippen molar-refractivity contribution in [3.8, 4) is 5.69 Å². The number of aryl methyl sites for hydroxylation is 1. The largest absolute Gasteiger partial charge is 0.310 e. The maximum Gasteiger partial charge on any atom is 0.0537 e. The van der Waals surface area contributed by atoms with Crippen LogP contribution >= 0.6 is 12.6 Å². The summed E-state index contributed by atoms with van der Waals surface area (Å²) in [5, 5.41) is 1.30. The summed E-state index contributed by atoms with van der Waals surface area (Å²) in [6.45, 7) is 10.7. The maximum atomic E-state index is 4.37. The second-order valence-corrected chi connectivity index (χ2v) is 7.13. The molecule has 1 nitrogen and oxygen atoms in total. The molecule has 126 valence electrons. The van der Waals surface area contributed by atoms with Crippen LogP contribution in [0.5, 0.6) is 0 Å². The first-order valence-corrected chi connectivity index (χ1v) is 8.92. The first kappa shape index (κ1) is 18.4. The number of rotatable bonds is 2. The average Bonchev–Trinajstić information content (AvgIpc) is 2.82. The highest BCUT2D eigenvalue weighted by atomic mass is 32.1. The van der Waals surface area contributed by atoms with E-state index in [1.54, 1.807) is 0 Å². The van der Waals surface area contributed by atoms with E-state index >= 15 is 0 Å². The third-order valence-electron chi connectivity index (χ3n) is 3.61. The van der Waals surface area contributed by atoms with Gasteiger partial charge in [-0.2, -0.15) is 0 Å². The van der Waals surface area contributed by atoms with Crippen molar-refractivity contribution in [2.45, 2.75) is 39.5 Å². The quantitative estimate of drug-likeness (QED) is 0.484.